The lowest BCUT2D eigenvalue weighted by atomic mass is 9.64. The van der Waals surface area contributed by atoms with E-state index >= 15 is 13.2 Å². The van der Waals surface area contributed by atoms with Crippen LogP contribution >= 0.6 is 0 Å². The van der Waals surface area contributed by atoms with E-state index in [1.54, 1.807) is 24.0 Å². The van der Waals surface area contributed by atoms with E-state index < -0.39 is 11.8 Å². The number of fused-ring (bicyclic) bond motifs is 3. The largest absolute Gasteiger partial charge is 0.463 e. The molecule has 4 saturated heterocycles. The summed E-state index contributed by atoms with van der Waals surface area (Å²) in [6.07, 6.45) is 12.2. The van der Waals surface area contributed by atoms with Gasteiger partial charge in [0.25, 0.3) is 0 Å². The first-order chi connectivity index (χ1) is 35.3. The number of nitrogens with zero attached hydrogens (tertiary/aromatic N) is 9. The molecule has 2 aliphatic carbocycles. The Labute approximate surface area is 424 Å². The highest BCUT2D eigenvalue weighted by molar-refractivity contribution is 6.09. The van der Waals surface area contributed by atoms with Crippen molar-refractivity contribution < 1.29 is 34.0 Å². The maximum Gasteiger partial charge on any atom is 0.329 e. The number of benzene rings is 3. The van der Waals surface area contributed by atoms with Crippen LogP contribution in [-0.4, -0.2) is 123 Å². The number of hydrogen-bond donors (Lipinski definition) is 2. The minimum Gasteiger partial charge on any atom is -0.463 e. The molecule has 7 heterocycles. The molecule has 4 aliphatic heterocycles. The Morgan fingerprint density at radius 3 is 2.52 bits per heavy atom. The number of halogens is 3. The van der Waals surface area contributed by atoms with Crippen molar-refractivity contribution in [2.45, 2.75) is 103 Å². The molecule has 1 atom stereocenters. The van der Waals surface area contributed by atoms with Gasteiger partial charge in [0.15, 0.2) is 11.6 Å². The molecule has 6 fully saturated rings. The average Bonchev–Trinajstić information content (AvgIpc) is 3.89. The van der Waals surface area contributed by atoms with Crippen LogP contribution in [0.25, 0.3) is 43.8 Å². The lowest BCUT2D eigenvalue weighted by Crippen LogP contribution is -2.54. The summed E-state index contributed by atoms with van der Waals surface area (Å²) in [7, 11) is 1.80. The van der Waals surface area contributed by atoms with Gasteiger partial charge in [-0.05, 0) is 166 Å². The van der Waals surface area contributed by atoms with Gasteiger partial charge in [0.1, 0.15) is 28.7 Å². The predicted octanol–water partition coefficient (Wildman–Crippen LogP) is 9.20. The van der Waals surface area contributed by atoms with Gasteiger partial charge in [-0.2, -0.15) is 15.1 Å². The Balaban J connectivity index is 0.00000588. The second-order valence-corrected chi connectivity index (χ2v) is 22.5. The summed E-state index contributed by atoms with van der Waals surface area (Å²) < 4.78 is 56.8. The number of carbonyl (C=O) groups is 2. The van der Waals surface area contributed by atoms with Crippen molar-refractivity contribution in [2.24, 2.45) is 23.8 Å². The van der Waals surface area contributed by atoms with E-state index in [0.29, 0.717) is 81.9 Å². The lowest BCUT2D eigenvalue weighted by Gasteiger charge is -2.52. The molecular formula is C56H67F3N10O4. The van der Waals surface area contributed by atoms with Crippen LogP contribution in [-0.2, 0) is 18.3 Å². The smallest absolute Gasteiger partial charge is 0.329 e. The minimum absolute atomic E-state index is 0. The monoisotopic (exact) mass is 1000 g/mol. The van der Waals surface area contributed by atoms with Crippen LogP contribution in [0.4, 0.5) is 29.6 Å². The number of imide groups is 1. The van der Waals surface area contributed by atoms with E-state index in [9.17, 15) is 14.7 Å². The Hall–Kier alpha value is -5.91. The van der Waals surface area contributed by atoms with Gasteiger partial charge < -0.3 is 24.5 Å². The van der Waals surface area contributed by atoms with Crippen LogP contribution in [0.15, 0.2) is 42.6 Å². The summed E-state index contributed by atoms with van der Waals surface area (Å²) in [5.41, 5.74) is 3.97. The zero-order chi connectivity index (χ0) is 50.3. The lowest BCUT2D eigenvalue weighted by molar-refractivity contribution is -0.120. The van der Waals surface area contributed by atoms with Gasteiger partial charge in [0.05, 0.1) is 17.5 Å². The number of likely N-dealkylation sites (tertiary alicyclic amines) is 2. The molecule has 3 aromatic carbocycles. The van der Waals surface area contributed by atoms with Gasteiger partial charge in [-0.15, -0.1) is 0 Å². The zero-order valence-corrected chi connectivity index (χ0v) is 42.2. The van der Waals surface area contributed by atoms with E-state index in [-0.39, 0.29) is 73.0 Å². The normalized spacial score (nSPS) is 23.8. The van der Waals surface area contributed by atoms with Gasteiger partial charge >= 0.3 is 12.0 Å². The van der Waals surface area contributed by atoms with Crippen LogP contribution in [0.3, 0.4) is 0 Å². The number of aromatic nitrogens is 5. The first kappa shape index (κ1) is 48.1. The third kappa shape index (κ3) is 8.86. The van der Waals surface area contributed by atoms with E-state index in [1.165, 1.54) is 36.3 Å². The number of aliphatic hydroxyl groups is 1. The molecule has 6 aromatic rings. The molecule has 2 N–H and O–H groups in total. The number of nitrogens with one attached hydrogen (secondary N) is 1. The van der Waals surface area contributed by atoms with Crippen LogP contribution in [0.2, 0.25) is 0 Å². The van der Waals surface area contributed by atoms with Gasteiger partial charge in [0, 0.05) is 82.8 Å². The number of aliphatic hydroxyl groups excluding tert-OH is 1. The number of ether oxygens (including phenoxy) is 1. The standard InChI is InChI=1S/C56H65F3N10O4.H2/c1-4-38-43(57)8-7-36-22-33(2)23-41(47(36)38)49-48(59)50-42(28-60-49)51(68-16-5-6-34(29-68)12-21-70)63-53(62-50)73-32-55(13-14-55)30-66-20-15-56(31-66)26-37(27-56)67-17-9-35(10-18-67)39-25-45-40(24-44(39)58)52(64-65(45)3)69-19-11-46(71)61-54(69)72;/h7-8,22-25,28,34-35,37,70H,4-6,9-21,26-27,29-32H2,1-3H3,(H,61,71,72);1H/t34-,37?,56?;/m1./s1. The Morgan fingerprint density at radius 1 is 0.932 bits per heavy atom. The fourth-order valence-electron chi connectivity index (χ4n) is 13.4. The van der Waals surface area contributed by atoms with Crippen LogP contribution in [0.1, 0.15) is 102 Å². The van der Waals surface area contributed by atoms with Crippen molar-refractivity contribution in [3.05, 3.63) is 76.7 Å². The number of hydrogen-bond acceptors (Lipinski definition) is 11. The SMILES string of the molecule is CCc1c(F)ccc2cc(C)cc(-c3ncc4c(N5CCC[C@H](CCO)C5)nc(OCC5(CN6CCC7(CC(N8CCC(c9cc%10c(cc9F)c(N9CCC(=O)NC9=O)nn%10C)CC8)C7)C6)CC5)nc4c3F)c12.[HH]. The number of urea groups is 1. The molecule has 3 amide bonds. The van der Waals surface area contributed by atoms with Crippen molar-refractivity contribution in [2.75, 3.05) is 75.4 Å². The molecule has 386 valence electrons. The number of anilines is 2. The summed E-state index contributed by atoms with van der Waals surface area (Å²) in [5, 5.41) is 19.3. The number of carbonyl (C=O) groups excluding carboxylic acids is 2. The molecule has 0 bridgehead atoms. The second-order valence-electron chi connectivity index (χ2n) is 22.5. The summed E-state index contributed by atoms with van der Waals surface area (Å²) >= 11 is 0. The number of amides is 3. The van der Waals surface area contributed by atoms with Gasteiger partial charge in [-0.3, -0.25) is 24.7 Å². The highest BCUT2D eigenvalue weighted by atomic mass is 19.1. The molecule has 1 spiro atoms. The average molecular weight is 1000 g/mol. The van der Waals surface area contributed by atoms with Crippen molar-refractivity contribution >= 4 is 56.2 Å². The van der Waals surface area contributed by atoms with Crippen LogP contribution < -0.4 is 19.9 Å². The van der Waals surface area contributed by atoms with Gasteiger partial charge in [-0.1, -0.05) is 19.1 Å². The highest BCUT2D eigenvalue weighted by Gasteiger charge is 2.53. The Morgan fingerprint density at radius 2 is 1.75 bits per heavy atom. The third-order valence-corrected chi connectivity index (χ3v) is 17.5. The molecule has 6 aliphatic rings. The van der Waals surface area contributed by atoms with Crippen molar-refractivity contribution in [1.29, 1.82) is 0 Å². The number of pyridine rings is 1. The van der Waals surface area contributed by atoms with E-state index in [2.05, 4.69) is 25.1 Å². The zero-order valence-electron chi connectivity index (χ0n) is 42.2. The fraction of sp³-hybridized carbons (Fsp3) is 0.536. The maximum absolute atomic E-state index is 17.3. The summed E-state index contributed by atoms with van der Waals surface area (Å²) in [4.78, 5) is 47.7. The third-order valence-electron chi connectivity index (χ3n) is 17.5. The minimum atomic E-state index is -0.585. The molecule has 17 heteroatoms. The molecule has 12 rings (SSSR count). The maximum atomic E-state index is 17.3. The number of aryl methyl sites for hydroxylation is 3. The molecular weight excluding hydrogens is 934 g/mol. The van der Waals surface area contributed by atoms with Crippen molar-refractivity contribution in [3.8, 4) is 17.3 Å². The quantitative estimate of drug-likeness (QED) is 0.114. The van der Waals surface area contributed by atoms with E-state index in [1.807, 2.05) is 32.0 Å². The predicted molar refractivity (Wildman–Crippen MR) is 276 cm³/mol. The summed E-state index contributed by atoms with van der Waals surface area (Å²) in [5.74, 6) is -0.189. The first-order valence-corrected chi connectivity index (χ1v) is 26.6. The van der Waals surface area contributed by atoms with Gasteiger partial charge in [-0.25, -0.2) is 18.0 Å². The van der Waals surface area contributed by atoms with Crippen molar-refractivity contribution in [1.82, 2.24) is 39.8 Å². The Bertz CT molecular complexity index is 3170. The Kier molecular flexibility index (Phi) is 12.4. The fourth-order valence-corrected chi connectivity index (χ4v) is 13.4. The van der Waals surface area contributed by atoms with Crippen LogP contribution in [0, 0.1) is 41.1 Å². The summed E-state index contributed by atoms with van der Waals surface area (Å²) in [6.45, 7) is 10.9. The molecule has 0 unspecified atom stereocenters. The highest BCUT2D eigenvalue weighted by Crippen LogP contribution is 2.54. The number of piperidine rings is 2. The topological polar surface area (TPSA) is 145 Å². The van der Waals surface area contributed by atoms with E-state index in [0.717, 1.165) is 94.3 Å². The van der Waals surface area contributed by atoms with E-state index in [4.69, 9.17) is 19.7 Å². The molecule has 3 aromatic heterocycles. The van der Waals surface area contributed by atoms with Crippen LogP contribution in [0.5, 0.6) is 6.01 Å². The second kappa shape index (κ2) is 18.8. The van der Waals surface area contributed by atoms with Crippen molar-refractivity contribution in [3.63, 3.8) is 0 Å². The molecule has 0 radical (unpaired) electrons. The molecule has 2 saturated carbocycles. The molecule has 14 nitrogen and oxygen atoms in total. The molecule has 73 heavy (non-hydrogen) atoms. The van der Waals surface area contributed by atoms with Gasteiger partial charge in [0.2, 0.25) is 5.91 Å². The number of rotatable bonds is 13. The summed E-state index contributed by atoms with van der Waals surface area (Å²) in [6, 6.07) is 10.7. The first-order valence-electron chi connectivity index (χ1n) is 26.6.